The largest absolute Gasteiger partial charge is 0.496 e. The number of para-hydroxylation sites is 1. The van der Waals surface area contributed by atoms with Gasteiger partial charge in [0.05, 0.1) is 44.0 Å². The van der Waals surface area contributed by atoms with Gasteiger partial charge in [-0.15, -0.1) is 0 Å². The van der Waals surface area contributed by atoms with Gasteiger partial charge in [0.2, 0.25) is 12.6 Å². The van der Waals surface area contributed by atoms with E-state index in [1.54, 1.807) is 7.11 Å². The number of rotatable bonds is 16. The summed E-state index contributed by atoms with van der Waals surface area (Å²) in [5.41, 5.74) is 2.62. The average molecular weight is 731 g/mol. The SMILES string of the molecule is COc1ccccc1-c1nc(COc2ccc(C[C@H](NC(=O)O[C@H]3CO[C@H]4OCC[C@H]43)[C@H](O)CN(Cc3ccc4c(c3)OCO4)CC(C)C)cc2)no1. The Morgan fingerprint density at radius 1 is 1.02 bits per heavy atom. The minimum atomic E-state index is -0.927. The van der Waals surface area contributed by atoms with Crippen LogP contribution in [0.1, 0.15) is 37.2 Å². The lowest BCUT2D eigenvalue weighted by molar-refractivity contribution is -0.0907. The first-order valence-electron chi connectivity index (χ1n) is 18.0. The number of fused-ring (bicyclic) bond motifs is 2. The number of alkyl carbamates (subject to hydrolysis) is 1. The highest BCUT2D eigenvalue weighted by Crippen LogP contribution is 2.34. The number of hydrogen-bond donors (Lipinski definition) is 2. The van der Waals surface area contributed by atoms with Crippen molar-refractivity contribution < 1.29 is 47.6 Å². The van der Waals surface area contributed by atoms with Crippen LogP contribution in [0.15, 0.2) is 71.3 Å². The van der Waals surface area contributed by atoms with Gasteiger partial charge in [-0.3, -0.25) is 4.90 Å². The second-order valence-corrected chi connectivity index (χ2v) is 13.9. The number of aromatic nitrogens is 2. The van der Waals surface area contributed by atoms with Crippen molar-refractivity contribution in [3.8, 4) is 34.5 Å². The summed E-state index contributed by atoms with van der Waals surface area (Å²) in [6, 6.07) is 20.1. The summed E-state index contributed by atoms with van der Waals surface area (Å²) in [5.74, 6) is 3.73. The maximum Gasteiger partial charge on any atom is 0.407 e. The van der Waals surface area contributed by atoms with Crippen LogP contribution in [0.5, 0.6) is 23.0 Å². The van der Waals surface area contributed by atoms with Crippen LogP contribution in [0.4, 0.5) is 4.79 Å². The van der Waals surface area contributed by atoms with Gasteiger partial charge >= 0.3 is 6.09 Å². The molecule has 7 rings (SSSR count). The van der Waals surface area contributed by atoms with E-state index in [4.69, 9.17) is 37.7 Å². The molecule has 14 nitrogen and oxygen atoms in total. The summed E-state index contributed by atoms with van der Waals surface area (Å²) in [5, 5.41) is 18.8. The number of carbonyl (C=O) groups excluding carboxylic acids is 1. The molecule has 5 atom stereocenters. The van der Waals surface area contributed by atoms with Crippen LogP contribution in [-0.2, 0) is 33.8 Å². The van der Waals surface area contributed by atoms with Gasteiger partial charge in [0.1, 0.15) is 17.6 Å². The Morgan fingerprint density at radius 3 is 2.66 bits per heavy atom. The van der Waals surface area contributed by atoms with Gasteiger partial charge in [0.25, 0.3) is 5.89 Å². The number of carbonyl (C=O) groups is 1. The summed E-state index contributed by atoms with van der Waals surface area (Å²) in [6.45, 7) is 7.05. The van der Waals surface area contributed by atoms with E-state index in [0.717, 1.165) is 29.8 Å². The lowest BCUT2D eigenvalue weighted by Gasteiger charge is -2.31. The number of aliphatic hydroxyl groups excluding tert-OH is 1. The fourth-order valence-corrected chi connectivity index (χ4v) is 6.93. The number of ether oxygens (including phenoxy) is 7. The molecule has 0 radical (unpaired) electrons. The minimum Gasteiger partial charge on any atom is -0.496 e. The number of nitrogens with one attached hydrogen (secondary N) is 1. The Balaban J connectivity index is 1.01. The monoisotopic (exact) mass is 730 g/mol. The van der Waals surface area contributed by atoms with Gasteiger partial charge in [0, 0.05) is 19.6 Å². The van der Waals surface area contributed by atoms with E-state index < -0.39 is 24.3 Å². The molecule has 3 aromatic carbocycles. The highest BCUT2D eigenvalue weighted by molar-refractivity contribution is 5.68. The number of aliphatic hydroxyl groups is 1. The molecule has 0 spiro atoms. The van der Waals surface area contributed by atoms with Crippen LogP contribution in [0.25, 0.3) is 11.5 Å². The Labute approximate surface area is 308 Å². The number of nitrogens with zero attached hydrogens (tertiary/aromatic N) is 3. The van der Waals surface area contributed by atoms with Gasteiger partial charge in [-0.2, -0.15) is 4.98 Å². The summed E-state index contributed by atoms with van der Waals surface area (Å²) in [4.78, 5) is 20.0. The molecule has 14 heteroatoms. The van der Waals surface area contributed by atoms with Gasteiger partial charge in [-0.05, 0) is 66.3 Å². The zero-order chi connectivity index (χ0) is 36.7. The highest BCUT2D eigenvalue weighted by atomic mass is 16.7. The molecule has 53 heavy (non-hydrogen) atoms. The fraction of sp³-hybridized carbons (Fsp3) is 0.462. The van der Waals surface area contributed by atoms with Crippen molar-refractivity contribution in [3.05, 3.63) is 83.7 Å². The van der Waals surface area contributed by atoms with Crippen LogP contribution in [0.2, 0.25) is 0 Å². The van der Waals surface area contributed by atoms with E-state index in [2.05, 4.69) is 34.2 Å². The van der Waals surface area contributed by atoms with E-state index >= 15 is 0 Å². The third-order valence-electron chi connectivity index (χ3n) is 9.48. The molecule has 4 aromatic rings. The number of methoxy groups -OCH3 is 1. The standard InChI is InChI=1S/C39H46N4O10/c1-24(2)18-43(19-26-10-13-33-34(17-26)51-23-50-33)20-31(44)30(40-39(45)52-35-21-49-38-29(35)14-15-47-38)16-25-8-11-27(12-9-25)48-22-36-41-37(53-42-36)28-6-4-5-7-32(28)46-3/h4-13,17,24,29-31,35,38,44H,14-16,18-23H2,1-3H3,(H,40,45)/t29-,30-,31+,35-,38+/m0/s1. The van der Waals surface area contributed by atoms with Gasteiger partial charge in [-0.1, -0.05) is 49.3 Å². The van der Waals surface area contributed by atoms with E-state index in [9.17, 15) is 9.90 Å². The molecule has 4 heterocycles. The molecule has 0 saturated carbocycles. The molecule has 0 aliphatic carbocycles. The van der Waals surface area contributed by atoms with Gasteiger partial charge < -0.3 is 48.1 Å². The summed E-state index contributed by atoms with van der Waals surface area (Å²) in [7, 11) is 1.59. The maximum absolute atomic E-state index is 13.3. The predicted molar refractivity (Wildman–Crippen MR) is 190 cm³/mol. The van der Waals surface area contributed by atoms with Crippen molar-refractivity contribution in [2.45, 2.75) is 64.4 Å². The molecule has 2 N–H and O–H groups in total. The Hall–Kier alpha value is -4.89. The first kappa shape index (κ1) is 36.5. The minimum absolute atomic E-state index is 0.0000993. The molecule has 0 bridgehead atoms. The first-order chi connectivity index (χ1) is 25.8. The highest BCUT2D eigenvalue weighted by Gasteiger charge is 2.44. The maximum atomic E-state index is 13.3. The quantitative estimate of drug-likeness (QED) is 0.160. The molecule has 0 unspecified atom stereocenters. The molecule has 282 valence electrons. The third kappa shape index (κ3) is 9.19. The van der Waals surface area contributed by atoms with E-state index in [1.807, 2.05) is 66.7 Å². The Kier molecular flexibility index (Phi) is 11.6. The predicted octanol–water partition coefficient (Wildman–Crippen LogP) is 4.97. The van der Waals surface area contributed by atoms with Crippen LogP contribution < -0.4 is 24.3 Å². The molecule has 2 saturated heterocycles. The van der Waals surface area contributed by atoms with Crippen LogP contribution in [-0.4, -0.2) is 91.0 Å². The van der Waals surface area contributed by atoms with Crippen molar-refractivity contribution in [2.24, 2.45) is 11.8 Å². The average Bonchev–Trinajstić information content (AvgIpc) is 3.97. The van der Waals surface area contributed by atoms with Crippen molar-refractivity contribution in [3.63, 3.8) is 0 Å². The molecule has 1 aromatic heterocycles. The Morgan fingerprint density at radius 2 is 1.83 bits per heavy atom. The summed E-state index contributed by atoms with van der Waals surface area (Å²) >= 11 is 0. The second kappa shape index (κ2) is 16.8. The van der Waals surface area contributed by atoms with Crippen molar-refractivity contribution in [1.29, 1.82) is 0 Å². The molecular formula is C39H46N4O10. The molecule has 3 aliphatic heterocycles. The third-order valence-corrected chi connectivity index (χ3v) is 9.48. The number of benzene rings is 3. The van der Waals surface area contributed by atoms with E-state index in [0.29, 0.717) is 66.6 Å². The van der Waals surface area contributed by atoms with Crippen LogP contribution in [0.3, 0.4) is 0 Å². The van der Waals surface area contributed by atoms with Crippen LogP contribution in [0, 0.1) is 11.8 Å². The molecule has 2 fully saturated rings. The van der Waals surface area contributed by atoms with Crippen molar-refractivity contribution >= 4 is 6.09 Å². The zero-order valence-electron chi connectivity index (χ0n) is 30.1. The number of amides is 1. The van der Waals surface area contributed by atoms with Gasteiger partial charge in [0.15, 0.2) is 24.4 Å². The van der Waals surface area contributed by atoms with E-state index in [-0.39, 0.29) is 32.2 Å². The summed E-state index contributed by atoms with van der Waals surface area (Å²) in [6.07, 6.45) is -1.17. The fourth-order valence-electron chi connectivity index (χ4n) is 6.93. The topological polar surface area (TPSA) is 156 Å². The van der Waals surface area contributed by atoms with Gasteiger partial charge in [-0.25, -0.2) is 4.79 Å². The van der Waals surface area contributed by atoms with Crippen molar-refractivity contribution in [1.82, 2.24) is 20.4 Å². The van der Waals surface area contributed by atoms with Crippen LogP contribution >= 0.6 is 0 Å². The second-order valence-electron chi connectivity index (χ2n) is 13.9. The first-order valence-corrected chi connectivity index (χ1v) is 18.0. The van der Waals surface area contributed by atoms with Crippen molar-refractivity contribution in [2.75, 3.05) is 40.2 Å². The Bertz CT molecular complexity index is 1820. The lowest BCUT2D eigenvalue weighted by atomic mass is 10.00. The normalized spacial score (nSPS) is 20.0. The summed E-state index contributed by atoms with van der Waals surface area (Å²) < 4.78 is 45.0. The molecule has 1 amide bonds. The molecular weight excluding hydrogens is 684 g/mol. The number of hydrogen-bond acceptors (Lipinski definition) is 13. The smallest absolute Gasteiger partial charge is 0.407 e. The lowest BCUT2D eigenvalue weighted by Crippen LogP contribution is -2.50. The zero-order valence-corrected chi connectivity index (χ0v) is 30.1. The molecule has 3 aliphatic rings. The van der Waals surface area contributed by atoms with E-state index in [1.165, 1.54) is 0 Å².